The van der Waals surface area contributed by atoms with Crippen molar-refractivity contribution in [2.24, 2.45) is 5.73 Å². The van der Waals surface area contributed by atoms with E-state index in [1.807, 2.05) is 6.07 Å². The molecule has 0 amide bonds. The molecule has 1 aromatic heterocycles. The van der Waals surface area contributed by atoms with E-state index in [0.29, 0.717) is 17.6 Å². The van der Waals surface area contributed by atoms with E-state index in [2.05, 4.69) is 16.4 Å². The van der Waals surface area contributed by atoms with Gasteiger partial charge in [0.25, 0.3) is 0 Å². The van der Waals surface area contributed by atoms with Crippen LogP contribution in [0.3, 0.4) is 0 Å². The highest BCUT2D eigenvalue weighted by Gasteiger charge is 2.27. The predicted octanol–water partition coefficient (Wildman–Crippen LogP) is 1.34. The molecule has 4 nitrogen and oxygen atoms in total. The van der Waals surface area contributed by atoms with Gasteiger partial charge in [-0.15, -0.1) is 0 Å². The summed E-state index contributed by atoms with van der Waals surface area (Å²) < 4.78 is 0. The van der Waals surface area contributed by atoms with Gasteiger partial charge in [-0.2, -0.15) is 5.26 Å². The van der Waals surface area contributed by atoms with Crippen molar-refractivity contribution in [3.05, 3.63) is 22.9 Å². The molecule has 0 atom stereocenters. The highest BCUT2D eigenvalue weighted by atomic mass is 15.0. The first-order chi connectivity index (χ1) is 8.26. The molecule has 0 unspecified atom stereocenters. The summed E-state index contributed by atoms with van der Waals surface area (Å²) in [7, 11) is 0. The van der Waals surface area contributed by atoms with Crippen LogP contribution in [0.5, 0.6) is 0 Å². The lowest BCUT2D eigenvalue weighted by Crippen LogP contribution is -2.44. The minimum atomic E-state index is 0.312. The standard InChI is InChI=1S/C13H16N4/c14-7-9-4-8-2-1-3-12(8)17-13(9)16-11-5-10(15)6-11/h4,10-11H,1-3,5-6,15H2,(H,16,17). The average molecular weight is 228 g/mol. The van der Waals surface area contributed by atoms with E-state index in [4.69, 9.17) is 11.0 Å². The van der Waals surface area contributed by atoms with Crippen molar-refractivity contribution in [1.29, 1.82) is 5.26 Å². The van der Waals surface area contributed by atoms with Crippen LogP contribution in [0.1, 0.15) is 36.1 Å². The van der Waals surface area contributed by atoms with Gasteiger partial charge in [0.05, 0.1) is 5.56 Å². The van der Waals surface area contributed by atoms with Crippen molar-refractivity contribution in [2.45, 2.75) is 44.2 Å². The third-order valence-corrected chi connectivity index (χ3v) is 3.69. The molecular weight excluding hydrogens is 212 g/mol. The summed E-state index contributed by atoms with van der Waals surface area (Å²) in [4.78, 5) is 4.60. The first-order valence-corrected chi connectivity index (χ1v) is 6.21. The maximum absolute atomic E-state index is 9.15. The van der Waals surface area contributed by atoms with Crippen LogP contribution >= 0.6 is 0 Å². The van der Waals surface area contributed by atoms with Gasteiger partial charge < -0.3 is 11.1 Å². The SMILES string of the molecule is N#Cc1cc2c(nc1NC1CC(N)C1)CCC2. The number of nitrogens with two attached hydrogens (primary N) is 1. The molecule has 1 saturated carbocycles. The molecule has 1 heterocycles. The van der Waals surface area contributed by atoms with Crippen LogP contribution in [0.15, 0.2) is 6.07 Å². The van der Waals surface area contributed by atoms with E-state index in [-0.39, 0.29) is 0 Å². The number of nitriles is 1. The number of fused-ring (bicyclic) bond motifs is 1. The summed E-state index contributed by atoms with van der Waals surface area (Å²) in [5.74, 6) is 0.755. The van der Waals surface area contributed by atoms with Gasteiger partial charge in [0, 0.05) is 17.8 Å². The number of nitrogens with zero attached hydrogens (tertiary/aromatic N) is 2. The number of hydrogen-bond acceptors (Lipinski definition) is 4. The minimum Gasteiger partial charge on any atom is -0.366 e. The lowest BCUT2D eigenvalue weighted by Gasteiger charge is -2.33. The van der Waals surface area contributed by atoms with Gasteiger partial charge in [0.2, 0.25) is 0 Å². The molecule has 88 valence electrons. The van der Waals surface area contributed by atoms with Crippen molar-refractivity contribution in [1.82, 2.24) is 4.98 Å². The van der Waals surface area contributed by atoms with Crippen molar-refractivity contribution in [2.75, 3.05) is 5.32 Å². The number of hydrogen-bond donors (Lipinski definition) is 2. The lowest BCUT2D eigenvalue weighted by molar-refractivity contribution is 0.373. The molecule has 3 rings (SSSR count). The molecule has 0 aliphatic heterocycles. The average Bonchev–Trinajstić information content (AvgIpc) is 2.72. The monoisotopic (exact) mass is 228 g/mol. The molecule has 0 saturated heterocycles. The molecule has 3 N–H and O–H groups in total. The Morgan fingerprint density at radius 2 is 2.24 bits per heavy atom. The van der Waals surface area contributed by atoms with Crippen LogP contribution < -0.4 is 11.1 Å². The second-order valence-corrected chi connectivity index (χ2v) is 5.03. The molecule has 0 bridgehead atoms. The first-order valence-electron chi connectivity index (χ1n) is 6.21. The topological polar surface area (TPSA) is 74.7 Å². The van der Waals surface area contributed by atoms with Gasteiger partial charge in [-0.05, 0) is 43.7 Å². The number of nitrogens with one attached hydrogen (secondary N) is 1. The second-order valence-electron chi connectivity index (χ2n) is 5.03. The summed E-state index contributed by atoms with van der Waals surface area (Å²) in [6.45, 7) is 0. The number of rotatable bonds is 2. The maximum Gasteiger partial charge on any atom is 0.144 e. The first kappa shape index (κ1) is 10.5. The fourth-order valence-electron chi connectivity index (χ4n) is 2.64. The van der Waals surface area contributed by atoms with Gasteiger partial charge in [0.15, 0.2) is 0 Å². The van der Waals surface area contributed by atoms with Crippen LogP contribution in [-0.4, -0.2) is 17.1 Å². The van der Waals surface area contributed by atoms with Gasteiger partial charge in [-0.3, -0.25) is 0 Å². The molecule has 0 radical (unpaired) electrons. The Bertz CT molecular complexity index is 483. The summed E-state index contributed by atoms with van der Waals surface area (Å²) in [5.41, 5.74) is 8.84. The fraction of sp³-hybridized carbons (Fsp3) is 0.538. The number of aryl methyl sites for hydroxylation is 2. The zero-order chi connectivity index (χ0) is 11.8. The van der Waals surface area contributed by atoms with E-state index in [9.17, 15) is 0 Å². The maximum atomic E-state index is 9.15. The van der Waals surface area contributed by atoms with Crippen LogP contribution in [0, 0.1) is 11.3 Å². The molecule has 2 aliphatic rings. The van der Waals surface area contributed by atoms with Crippen LogP contribution in [-0.2, 0) is 12.8 Å². The van der Waals surface area contributed by atoms with Crippen molar-refractivity contribution < 1.29 is 0 Å². The molecule has 1 aromatic rings. The number of pyridine rings is 1. The molecule has 1 fully saturated rings. The Balaban J connectivity index is 1.85. The Morgan fingerprint density at radius 3 is 2.94 bits per heavy atom. The van der Waals surface area contributed by atoms with Crippen molar-refractivity contribution >= 4 is 5.82 Å². The predicted molar refractivity (Wildman–Crippen MR) is 65.6 cm³/mol. The second kappa shape index (κ2) is 4.01. The lowest BCUT2D eigenvalue weighted by atomic mass is 9.87. The number of anilines is 1. The normalized spacial score (nSPS) is 25.9. The van der Waals surface area contributed by atoms with E-state index in [1.165, 1.54) is 5.56 Å². The van der Waals surface area contributed by atoms with Crippen LogP contribution in [0.2, 0.25) is 0 Å². The summed E-state index contributed by atoms with van der Waals surface area (Å²) in [5, 5.41) is 12.5. The van der Waals surface area contributed by atoms with E-state index in [0.717, 1.165) is 43.6 Å². The molecule has 17 heavy (non-hydrogen) atoms. The highest BCUT2D eigenvalue weighted by Crippen LogP contribution is 2.28. The molecule has 0 aromatic carbocycles. The van der Waals surface area contributed by atoms with Crippen molar-refractivity contribution in [3.63, 3.8) is 0 Å². The van der Waals surface area contributed by atoms with Crippen LogP contribution in [0.4, 0.5) is 5.82 Å². The van der Waals surface area contributed by atoms with Gasteiger partial charge in [-0.1, -0.05) is 0 Å². The third-order valence-electron chi connectivity index (χ3n) is 3.69. The van der Waals surface area contributed by atoms with Gasteiger partial charge in [-0.25, -0.2) is 4.98 Å². The van der Waals surface area contributed by atoms with E-state index in [1.54, 1.807) is 0 Å². The van der Waals surface area contributed by atoms with Crippen molar-refractivity contribution in [3.8, 4) is 6.07 Å². The van der Waals surface area contributed by atoms with Crippen LogP contribution in [0.25, 0.3) is 0 Å². The van der Waals surface area contributed by atoms with E-state index >= 15 is 0 Å². The smallest absolute Gasteiger partial charge is 0.144 e. The third kappa shape index (κ3) is 1.87. The van der Waals surface area contributed by atoms with Gasteiger partial charge >= 0.3 is 0 Å². The largest absolute Gasteiger partial charge is 0.366 e. The number of aromatic nitrogens is 1. The molecule has 0 spiro atoms. The Hall–Kier alpha value is -1.60. The highest BCUT2D eigenvalue weighted by molar-refractivity contribution is 5.55. The quantitative estimate of drug-likeness (QED) is 0.801. The molecule has 2 aliphatic carbocycles. The molecule has 4 heteroatoms. The fourth-order valence-corrected chi connectivity index (χ4v) is 2.64. The Morgan fingerprint density at radius 1 is 1.41 bits per heavy atom. The zero-order valence-electron chi connectivity index (χ0n) is 9.74. The zero-order valence-corrected chi connectivity index (χ0v) is 9.74. The van der Waals surface area contributed by atoms with Gasteiger partial charge in [0.1, 0.15) is 11.9 Å². The molecular formula is C13H16N4. The summed E-state index contributed by atoms with van der Waals surface area (Å²) in [6, 6.07) is 4.94. The minimum absolute atomic E-state index is 0.312. The Labute approximate surface area is 101 Å². The Kier molecular flexibility index (Phi) is 2.49. The summed E-state index contributed by atoms with van der Waals surface area (Å²) in [6.07, 6.45) is 5.21. The summed E-state index contributed by atoms with van der Waals surface area (Å²) >= 11 is 0. The van der Waals surface area contributed by atoms with E-state index < -0.39 is 0 Å².